The van der Waals surface area contributed by atoms with E-state index < -0.39 is 34.7 Å². The number of amidine groups is 1. The van der Waals surface area contributed by atoms with Crippen molar-refractivity contribution < 1.29 is 23.5 Å². The Kier molecular flexibility index (Phi) is 9.16. The SMILES string of the molecule is C/C(CN1CCNC1)=C1\C[C@@](C)(c2cc(NC(=O)OC(C)(C)C)ccc2F)N=C(NC(=O)OC(C)(C)C)S1. The topological polar surface area (TPSA) is 104 Å². The molecule has 0 radical (unpaired) electrons. The molecule has 1 fully saturated rings. The second-order valence-corrected chi connectivity index (χ2v) is 12.9. The molecule has 2 aliphatic rings. The summed E-state index contributed by atoms with van der Waals surface area (Å²) >= 11 is 1.36. The number of rotatable bonds is 4. The van der Waals surface area contributed by atoms with Crippen molar-refractivity contribution in [3.8, 4) is 0 Å². The van der Waals surface area contributed by atoms with Gasteiger partial charge in [-0.25, -0.2) is 14.0 Å². The van der Waals surface area contributed by atoms with E-state index in [1.165, 1.54) is 23.9 Å². The van der Waals surface area contributed by atoms with E-state index in [4.69, 9.17) is 14.5 Å². The first-order chi connectivity index (χ1) is 17.5. The molecule has 0 aromatic heterocycles. The predicted molar refractivity (Wildman–Crippen MR) is 150 cm³/mol. The molecule has 9 nitrogen and oxygen atoms in total. The highest BCUT2D eigenvalue weighted by molar-refractivity contribution is 8.17. The smallest absolute Gasteiger partial charge is 0.413 e. The van der Waals surface area contributed by atoms with E-state index in [1.54, 1.807) is 47.6 Å². The maximum atomic E-state index is 15.3. The van der Waals surface area contributed by atoms with Crippen molar-refractivity contribution in [3.63, 3.8) is 0 Å². The maximum absolute atomic E-state index is 15.3. The van der Waals surface area contributed by atoms with E-state index in [0.717, 1.165) is 36.8 Å². The number of alkyl carbamates (subject to hydrolysis) is 1. The van der Waals surface area contributed by atoms with Crippen molar-refractivity contribution in [1.82, 2.24) is 15.5 Å². The highest BCUT2D eigenvalue weighted by Gasteiger charge is 2.37. The minimum absolute atomic E-state index is 0.294. The second-order valence-electron chi connectivity index (χ2n) is 11.8. The molecule has 1 aromatic carbocycles. The minimum atomic E-state index is -1.05. The summed E-state index contributed by atoms with van der Waals surface area (Å²) in [6, 6.07) is 4.36. The van der Waals surface area contributed by atoms with Gasteiger partial charge in [0, 0.05) is 44.0 Å². The van der Waals surface area contributed by atoms with Gasteiger partial charge in [-0.05, 0) is 84.1 Å². The monoisotopic (exact) mass is 549 g/mol. The van der Waals surface area contributed by atoms with Crippen LogP contribution >= 0.6 is 11.8 Å². The average molecular weight is 550 g/mol. The quantitative estimate of drug-likeness (QED) is 0.453. The van der Waals surface area contributed by atoms with Crippen LogP contribution in [0.15, 0.2) is 33.7 Å². The maximum Gasteiger partial charge on any atom is 0.413 e. The molecule has 3 rings (SSSR count). The highest BCUT2D eigenvalue weighted by atomic mass is 32.2. The molecule has 38 heavy (non-hydrogen) atoms. The first kappa shape index (κ1) is 29.9. The van der Waals surface area contributed by atoms with Gasteiger partial charge in [0.25, 0.3) is 0 Å². The summed E-state index contributed by atoms with van der Waals surface area (Å²) in [7, 11) is 0. The molecule has 1 atom stereocenters. The van der Waals surface area contributed by atoms with Crippen molar-refractivity contribution in [2.75, 3.05) is 31.6 Å². The van der Waals surface area contributed by atoms with Crippen molar-refractivity contribution in [1.29, 1.82) is 0 Å². The highest BCUT2D eigenvalue weighted by Crippen LogP contribution is 2.44. The van der Waals surface area contributed by atoms with Crippen molar-refractivity contribution in [2.45, 2.75) is 78.6 Å². The van der Waals surface area contributed by atoms with Gasteiger partial charge in [0.05, 0.1) is 5.54 Å². The van der Waals surface area contributed by atoms with Crippen LogP contribution in [0, 0.1) is 5.82 Å². The number of benzene rings is 1. The van der Waals surface area contributed by atoms with Gasteiger partial charge in [-0.15, -0.1) is 0 Å². The third kappa shape index (κ3) is 8.71. The first-order valence-corrected chi connectivity index (χ1v) is 13.5. The Morgan fingerprint density at radius 3 is 2.34 bits per heavy atom. The number of ether oxygens (including phenoxy) is 2. The van der Waals surface area contributed by atoms with Gasteiger partial charge in [-0.1, -0.05) is 11.8 Å². The summed E-state index contributed by atoms with van der Waals surface area (Å²) in [5.41, 5.74) is -0.607. The molecule has 3 N–H and O–H groups in total. The lowest BCUT2D eigenvalue weighted by Crippen LogP contribution is -2.39. The number of hydrogen-bond acceptors (Lipinski definition) is 8. The number of nitrogens with one attached hydrogen (secondary N) is 3. The van der Waals surface area contributed by atoms with Crippen LogP contribution < -0.4 is 16.0 Å². The van der Waals surface area contributed by atoms with Gasteiger partial charge in [-0.2, -0.15) is 0 Å². The zero-order chi connectivity index (χ0) is 28.3. The lowest BCUT2D eigenvalue weighted by Gasteiger charge is -2.34. The number of aliphatic imine (C=N–C) groups is 1. The lowest BCUT2D eigenvalue weighted by atomic mass is 9.87. The van der Waals surface area contributed by atoms with Crippen LogP contribution in [-0.4, -0.2) is 59.8 Å². The van der Waals surface area contributed by atoms with Gasteiger partial charge in [0.1, 0.15) is 17.0 Å². The zero-order valence-corrected chi connectivity index (χ0v) is 24.4. The molecule has 1 saturated heterocycles. The Hall–Kier alpha value is -2.63. The molecule has 0 saturated carbocycles. The fourth-order valence-electron chi connectivity index (χ4n) is 4.14. The second kappa shape index (κ2) is 11.6. The Labute approximate surface area is 229 Å². The average Bonchev–Trinajstić information content (AvgIpc) is 3.25. The number of anilines is 1. The fourth-order valence-corrected chi connectivity index (χ4v) is 5.35. The van der Waals surface area contributed by atoms with E-state index in [2.05, 4.69) is 20.9 Å². The number of carbonyl (C=O) groups is 2. The minimum Gasteiger partial charge on any atom is -0.444 e. The van der Waals surface area contributed by atoms with Crippen LogP contribution in [0.4, 0.5) is 19.7 Å². The van der Waals surface area contributed by atoms with E-state index >= 15 is 4.39 Å². The molecule has 1 aromatic rings. The summed E-state index contributed by atoms with van der Waals surface area (Å²) in [6.45, 7) is 17.9. The van der Waals surface area contributed by atoms with E-state index in [0.29, 0.717) is 22.8 Å². The van der Waals surface area contributed by atoms with E-state index in [9.17, 15) is 9.59 Å². The number of thioether (sulfide) groups is 1. The summed E-state index contributed by atoms with van der Waals surface area (Å²) in [4.78, 5) is 33.0. The van der Waals surface area contributed by atoms with Gasteiger partial charge in [0.2, 0.25) is 0 Å². The molecular formula is C27H40FN5O4S. The van der Waals surface area contributed by atoms with Crippen molar-refractivity contribution in [3.05, 3.63) is 40.1 Å². The normalized spacial score (nSPS) is 22.0. The molecule has 0 bridgehead atoms. The Morgan fingerprint density at radius 1 is 1.13 bits per heavy atom. The van der Waals surface area contributed by atoms with Gasteiger partial charge < -0.3 is 14.8 Å². The predicted octanol–water partition coefficient (Wildman–Crippen LogP) is 5.54. The Bertz CT molecular complexity index is 1120. The number of nitrogens with zero attached hydrogens (tertiary/aromatic N) is 2. The molecule has 11 heteroatoms. The number of carbonyl (C=O) groups excluding carboxylic acids is 2. The Morgan fingerprint density at radius 2 is 1.76 bits per heavy atom. The van der Waals surface area contributed by atoms with Crippen LogP contribution in [0.5, 0.6) is 0 Å². The molecule has 2 amide bonds. The summed E-state index contributed by atoms with van der Waals surface area (Å²) in [5.74, 6) is -0.463. The van der Waals surface area contributed by atoms with Crippen LogP contribution in [0.2, 0.25) is 0 Å². The molecule has 2 heterocycles. The first-order valence-electron chi connectivity index (χ1n) is 12.7. The molecular weight excluding hydrogens is 509 g/mol. The van der Waals surface area contributed by atoms with Crippen LogP contribution in [0.1, 0.15) is 67.4 Å². The van der Waals surface area contributed by atoms with Crippen LogP contribution in [0.3, 0.4) is 0 Å². The van der Waals surface area contributed by atoms with E-state index in [1.807, 2.05) is 13.8 Å². The van der Waals surface area contributed by atoms with Crippen molar-refractivity contribution in [2.24, 2.45) is 4.99 Å². The third-order valence-corrected chi connectivity index (χ3v) is 6.88. The molecule has 0 unspecified atom stereocenters. The van der Waals surface area contributed by atoms with Crippen molar-refractivity contribution >= 4 is 34.8 Å². The van der Waals surface area contributed by atoms with Crippen LogP contribution in [0.25, 0.3) is 0 Å². The van der Waals surface area contributed by atoms with Crippen LogP contribution in [-0.2, 0) is 15.0 Å². The summed E-state index contributed by atoms with van der Waals surface area (Å²) < 4.78 is 26.1. The molecule has 210 valence electrons. The van der Waals surface area contributed by atoms with Gasteiger partial charge in [0.15, 0.2) is 5.17 Å². The fraction of sp³-hybridized carbons (Fsp3) is 0.593. The van der Waals surface area contributed by atoms with Gasteiger partial charge in [-0.3, -0.25) is 20.5 Å². The van der Waals surface area contributed by atoms with E-state index in [-0.39, 0.29) is 0 Å². The largest absolute Gasteiger partial charge is 0.444 e. The number of hydrogen-bond donors (Lipinski definition) is 3. The zero-order valence-electron chi connectivity index (χ0n) is 23.6. The summed E-state index contributed by atoms with van der Waals surface area (Å²) in [5, 5.41) is 9.08. The molecule has 0 spiro atoms. The standard InChI is InChI=1S/C27H40FN5O4S/c1-17(15-33-12-11-29-16-33)21-14-27(8,32-22(38-21)31-24(35)37-26(5,6)7)19-13-18(9-10-20(19)28)30-23(34)36-25(2,3)4/h9-10,13,29H,11-12,14-16H2,1-8H3,(H,30,34)(H,31,32,35)/b21-17-/t27-/m0/s1. The number of halogens is 1. The lowest BCUT2D eigenvalue weighted by molar-refractivity contribution is 0.0562. The summed E-state index contributed by atoms with van der Waals surface area (Å²) in [6.07, 6.45) is -0.836. The number of amides is 2. The van der Waals surface area contributed by atoms with Gasteiger partial charge >= 0.3 is 12.2 Å². The molecule has 0 aliphatic carbocycles. The Balaban J connectivity index is 1.96. The molecule has 2 aliphatic heterocycles. The third-order valence-electron chi connectivity index (χ3n) is 5.75.